The molecule has 0 aliphatic carbocycles. The van der Waals surface area contributed by atoms with Crippen molar-refractivity contribution in [1.29, 1.82) is 0 Å². The molecule has 10 nitrogen and oxygen atoms in total. The SMILES string of the molecule is CCOC(=O)CC(=O)NN1c2cc(-c3nc4ccnn4cc3C)nn21. The van der Waals surface area contributed by atoms with Crippen molar-refractivity contribution in [1.82, 2.24) is 29.9 Å². The van der Waals surface area contributed by atoms with Gasteiger partial charge in [-0.1, -0.05) is 0 Å². The molecule has 0 fully saturated rings. The van der Waals surface area contributed by atoms with E-state index >= 15 is 0 Å². The fourth-order valence-corrected chi connectivity index (χ4v) is 2.54. The lowest BCUT2D eigenvalue weighted by Crippen LogP contribution is -2.36. The summed E-state index contributed by atoms with van der Waals surface area (Å²) in [6, 6.07) is 3.63. The molecule has 1 aliphatic rings. The van der Waals surface area contributed by atoms with Crippen LogP contribution in [0.3, 0.4) is 0 Å². The van der Waals surface area contributed by atoms with Gasteiger partial charge < -0.3 is 4.74 Å². The Morgan fingerprint density at radius 3 is 2.92 bits per heavy atom. The van der Waals surface area contributed by atoms with Gasteiger partial charge in [0.15, 0.2) is 11.5 Å². The first-order chi connectivity index (χ1) is 12.1. The summed E-state index contributed by atoms with van der Waals surface area (Å²) in [6.45, 7) is 3.87. The van der Waals surface area contributed by atoms with Gasteiger partial charge in [0.1, 0.15) is 12.1 Å². The Hall–Kier alpha value is -3.43. The van der Waals surface area contributed by atoms with E-state index in [1.807, 2.05) is 25.3 Å². The van der Waals surface area contributed by atoms with E-state index in [-0.39, 0.29) is 13.0 Å². The first kappa shape index (κ1) is 15.1. The quantitative estimate of drug-likeness (QED) is 0.408. The number of fused-ring (bicyclic) bond motifs is 2. The van der Waals surface area contributed by atoms with Gasteiger partial charge in [0, 0.05) is 18.3 Å². The highest BCUT2D eigenvalue weighted by Crippen LogP contribution is 2.33. The highest BCUT2D eigenvalue weighted by molar-refractivity contribution is 5.95. The summed E-state index contributed by atoms with van der Waals surface area (Å²) in [5, 5.41) is 10.00. The van der Waals surface area contributed by atoms with E-state index in [0.717, 1.165) is 16.9 Å². The number of nitrogens with zero attached hydrogens (tertiary/aromatic N) is 6. The minimum Gasteiger partial charge on any atom is -0.466 e. The lowest BCUT2D eigenvalue weighted by Gasteiger charge is -2.07. The maximum Gasteiger partial charge on any atom is 0.315 e. The summed E-state index contributed by atoms with van der Waals surface area (Å²) in [6.07, 6.45) is 3.24. The Morgan fingerprint density at radius 2 is 2.20 bits per heavy atom. The molecule has 1 aliphatic heterocycles. The third kappa shape index (κ3) is 2.67. The first-order valence-corrected chi connectivity index (χ1v) is 7.73. The summed E-state index contributed by atoms with van der Waals surface area (Å²) in [5.74, 6) is -0.309. The normalized spacial score (nSPS) is 12.2. The molecule has 0 bridgehead atoms. The second kappa shape index (κ2) is 5.58. The fraction of sp³-hybridized carbons (Fsp3) is 0.267. The maximum absolute atomic E-state index is 11.8. The van der Waals surface area contributed by atoms with Crippen LogP contribution in [0.2, 0.25) is 0 Å². The Balaban J connectivity index is 1.46. The molecule has 0 radical (unpaired) electrons. The second-order valence-corrected chi connectivity index (χ2v) is 5.51. The molecule has 128 valence electrons. The van der Waals surface area contributed by atoms with Crippen LogP contribution in [0.1, 0.15) is 18.9 Å². The lowest BCUT2D eigenvalue weighted by atomic mass is 10.2. The molecule has 4 rings (SSSR count). The molecule has 0 unspecified atom stereocenters. The number of hydrazine groups is 1. The van der Waals surface area contributed by atoms with Crippen LogP contribution in [0, 0.1) is 6.92 Å². The van der Waals surface area contributed by atoms with Gasteiger partial charge >= 0.3 is 5.97 Å². The van der Waals surface area contributed by atoms with Gasteiger partial charge in [-0.05, 0) is 19.4 Å². The van der Waals surface area contributed by atoms with Crippen molar-refractivity contribution < 1.29 is 14.3 Å². The van der Waals surface area contributed by atoms with Crippen molar-refractivity contribution in [3.63, 3.8) is 0 Å². The molecule has 0 saturated heterocycles. The van der Waals surface area contributed by atoms with Gasteiger partial charge in [-0.25, -0.2) is 14.9 Å². The standard InChI is InChI=1S/C15H15N7O3/c1-3-25-14(24)7-12(23)19-22-13-6-10(18-21(13)22)15-9(2)8-20-11(17-15)4-5-16-20/h4-6,8H,3,7H2,1-2H3,(H,19,23). The molecule has 3 aromatic rings. The van der Waals surface area contributed by atoms with Crippen LogP contribution in [0.25, 0.3) is 17.0 Å². The van der Waals surface area contributed by atoms with Crippen molar-refractivity contribution in [2.45, 2.75) is 20.3 Å². The molecular weight excluding hydrogens is 326 g/mol. The smallest absolute Gasteiger partial charge is 0.315 e. The zero-order valence-electron chi connectivity index (χ0n) is 13.6. The number of aromatic nitrogens is 5. The summed E-state index contributed by atoms with van der Waals surface area (Å²) < 4.78 is 6.43. The lowest BCUT2D eigenvalue weighted by molar-refractivity contribution is -0.145. The van der Waals surface area contributed by atoms with Gasteiger partial charge in [0.25, 0.3) is 5.91 Å². The maximum atomic E-state index is 11.8. The summed E-state index contributed by atoms with van der Waals surface area (Å²) >= 11 is 0. The van der Waals surface area contributed by atoms with Crippen molar-refractivity contribution in [3.05, 3.63) is 30.1 Å². The molecule has 0 aromatic carbocycles. The summed E-state index contributed by atoms with van der Waals surface area (Å²) in [5.41, 5.74) is 5.69. The van der Waals surface area contributed by atoms with Crippen molar-refractivity contribution in [3.8, 4) is 11.4 Å². The third-order valence-corrected chi connectivity index (χ3v) is 3.69. The highest BCUT2D eigenvalue weighted by Gasteiger charge is 2.35. The van der Waals surface area contributed by atoms with Crippen LogP contribution in [0.15, 0.2) is 24.5 Å². The van der Waals surface area contributed by atoms with Gasteiger partial charge in [-0.15, -0.1) is 15.0 Å². The molecule has 0 spiro atoms. The van der Waals surface area contributed by atoms with Gasteiger partial charge in [-0.3, -0.25) is 9.59 Å². The predicted octanol–water partition coefficient (Wildman–Crippen LogP) is 0.469. The minimum atomic E-state index is -0.561. The van der Waals surface area contributed by atoms with E-state index in [2.05, 4.69) is 20.6 Å². The number of hydrogen-bond donors (Lipinski definition) is 1. The van der Waals surface area contributed by atoms with Crippen molar-refractivity contribution >= 4 is 23.3 Å². The topological polar surface area (TPSA) is 106 Å². The average molecular weight is 341 g/mol. The van der Waals surface area contributed by atoms with Crippen molar-refractivity contribution in [2.75, 3.05) is 11.7 Å². The highest BCUT2D eigenvalue weighted by atomic mass is 16.5. The van der Waals surface area contributed by atoms with Gasteiger partial charge in [0.2, 0.25) is 0 Å². The van der Waals surface area contributed by atoms with Crippen LogP contribution >= 0.6 is 0 Å². The molecule has 3 aromatic heterocycles. The molecule has 0 atom stereocenters. The summed E-state index contributed by atoms with van der Waals surface area (Å²) in [7, 11) is 0. The van der Waals surface area contributed by atoms with Crippen LogP contribution in [0.4, 0.5) is 5.82 Å². The van der Waals surface area contributed by atoms with E-state index in [1.54, 1.807) is 17.6 Å². The average Bonchev–Trinajstić information content (AvgIpc) is 2.96. The molecule has 4 heterocycles. The zero-order chi connectivity index (χ0) is 17.6. The molecule has 1 amide bonds. The van der Waals surface area contributed by atoms with E-state index in [4.69, 9.17) is 4.74 Å². The van der Waals surface area contributed by atoms with Gasteiger partial charge in [0.05, 0.1) is 18.5 Å². The Morgan fingerprint density at radius 1 is 1.36 bits per heavy atom. The second-order valence-electron chi connectivity index (χ2n) is 5.51. The number of ether oxygens (including phenoxy) is 1. The van der Waals surface area contributed by atoms with Crippen LogP contribution in [0.5, 0.6) is 0 Å². The number of carbonyl (C=O) groups excluding carboxylic acids is 2. The Labute approximate surface area is 141 Å². The molecule has 10 heteroatoms. The van der Waals surface area contributed by atoms with E-state index in [1.165, 1.54) is 9.91 Å². The Kier molecular flexibility index (Phi) is 3.38. The number of aryl methyl sites for hydroxylation is 1. The molecule has 1 N–H and O–H groups in total. The van der Waals surface area contributed by atoms with Gasteiger partial charge in [-0.2, -0.15) is 5.10 Å². The predicted molar refractivity (Wildman–Crippen MR) is 86.2 cm³/mol. The number of rotatable bonds is 5. The molecule has 0 saturated carbocycles. The van der Waals surface area contributed by atoms with E-state index in [0.29, 0.717) is 11.5 Å². The number of amides is 1. The van der Waals surface area contributed by atoms with E-state index < -0.39 is 11.9 Å². The number of nitrogens with one attached hydrogen (secondary N) is 1. The summed E-state index contributed by atoms with van der Waals surface area (Å²) in [4.78, 5) is 29.1. The molecular formula is C15H15N7O3. The fourth-order valence-electron chi connectivity index (χ4n) is 2.54. The minimum absolute atomic E-state index is 0.245. The number of carbonyl (C=O) groups is 2. The molecule has 25 heavy (non-hydrogen) atoms. The van der Waals surface area contributed by atoms with Crippen LogP contribution < -0.4 is 10.5 Å². The number of hydrogen-bond acceptors (Lipinski definition) is 7. The zero-order valence-corrected chi connectivity index (χ0v) is 13.6. The third-order valence-electron chi connectivity index (χ3n) is 3.69. The van der Waals surface area contributed by atoms with Crippen LogP contribution in [-0.2, 0) is 14.3 Å². The Bertz CT molecular complexity index is 969. The van der Waals surface area contributed by atoms with E-state index in [9.17, 15) is 9.59 Å². The first-order valence-electron chi connectivity index (χ1n) is 7.73. The monoisotopic (exact) mass is 341 g/mol. The number of esters is 1. The number of anilines is 1. The van der Waals surface area contributed by atoms with Crippen molar-refractivity contribution in [2.24, 2.45) is 0 Å². The largest absolute Gasteiger partial charge is 0.466 e. The van der Waals surface area contributed by atoms with Crippen LogP contribution in [-0.4, -0.2) is 43.0 Å².